The van der Waals surface area contributed by atoms with E-state index in [9.17, 15) is 0 Å². The number of hydrogen-bond acceptors (Lipinski definition) is 1. The topological polar surface area (TPSA) is 17.8 Å². The van der Waals surface area contributed by atoms with E-state index in [0.717, 1.165) is 22.0 Å². The molecule has 0 aliphatic rings. The third-order valence-electron chi connectivity index (χ3n) is 3.65. The number of aryl methyl sites for hydroxylation is 1. The van der Waals surface area contributed by atoms with E-state index in [0.29, 0.717) is 0 Å². The standard InChI is InChI=1S/C18H25ClN2/c1-12-8-9-13(10-14(12)19)21-16(18(5,6)7)11-15(20-21)17(2,3)4/h8-11H,1-7H3. The molecule has 0 spiro atoms. The zero-order valence-electron chi connectivity index (χ0n) is 14.1. The molecule has 21 heavy (non-hydrogen) atoms. The normalized spacial score (nSPS) is 12.8. The van der Waals surface area contributed by atoms with Crippen molar-refractivity contribution in [2.24, 2.45) is 0 Å². The molecule has 0 fully saturated rings. The van der Waals surface area contributed by atoms with Crippen molar-refractivity contribution in [2.45, 2.75) is 59.3 Å². The summed E-state index contributed by atoms with van der Waals surface area (Å²) in [6.45, 7) is 15.2. The van der Waals surface area contributed by atoms with Gasteiger partial charge in [0.2, 0.25) is 0 Å². The quantitative estimate of drug-likeness (QED) is 0.687. The lowest BCUT2D eigenvalue weighted by atomic mass is 9.88. The Morgan fingerprint density at radius 1 is 0.952 bits per heavy atom. The van der Waals surface area contributed by atoms with Crippen LogP contribution in [0.25, 0.3) is 5.69 Å². The summed E-state index contributed by atoms with van der Waals surface area (Å²) in [6, 6.07) is 8.33. The van der Waals surface area contributed by atoms with Crippen molar-refractivity contribution in [2.75, 3.05) is 0 Å². The van der Waals surface area contributed by atoms with Crippen molar-refractivity contribution in [1.29, 1.82) is 0 Å². The van der Waals surface area contributed by atoms with Crippen LogP contribution < -0.4 is 0 Å². The van der Waals surface area contributed by atoms with Crippen LogP contribution in [0, 0.1) is 6.92 Å². The fourth-order valence-corrected chi connectivity index (χ4v) is 2.37. The van der Waals surface area contributed by atoms with Crippen LogP contribution >= 0.6 is 11.6 Å². The fraction of sp³-hybridized carbons (Fsp3) is 0.500. The summed E-state index contributed by atoms with van der Waals surface area (Å²) in [5, 5.41) is 5.62. The molecule has 3 heteroatoms. The first-order valence-electron chi connectivity index (χ1n) is 7.38. The van der Waals surface area contributed by atoms with E-state index in [4.69, 9.17) is 16.7 Å². The minimum atomic E-state index is 0.0217. The van der Waals surface area contributed by atoms with Crippen LogP contribution in [0.3, 0.4) is 0 Å². The second-order valence-electron chi connectivity index (χ2n) is 7.76. The van der Waals surface area contributed by atoms with Gasteiger partial charge in [-0.05, 0) is 30.7 Å². The van der Waals surface area contributed by atoms with Crippen molar-refractivity contribution >= 4 is 11.6 Å². The molecule has 0 unspecified atom stereocenters. The summed E-state index contributed by atoms with van der Waals surface area (Å²) in [5.74, 6) is 0. The number of aromatic nitrogens is 2. The smallest absolute Gasteiger partial charge is 0.0685 e. The molecule has 0 atom stereocenters. The summed E-state index contributed by atoms with van der Waals surface area (Å²) in [6.07, 6.45) is 0. The van der Waals surface area contributed by atoms with Gasteiger partial charge in [-0.1, -0.05) is 59.2 Å². The maximum atomic E-state index is 6.29. The Bertz CT molecular complexity index is 655. The second kappa shape index (κ2) is 5.17. The zero-order chi connectivity index (χ0) is 16.0. The summed E-state index contributed by atoms with van der Waals surface area (Å²) >= 11 is 6.29. The molecule has 0 saturated heterocycles. The molecule has 0 radical (unpaired) electrons. The van der Waals surface area contributed by atoms with Crippen molar-refractivity contribution < 1.29 is 0 Å². The minimum absolute atomic E-state index is 0.0217. The highest BCUT2D eigenvalue weighted by atomic mass is 35.5. The van der Waals surface area contributed by atoms with Crippen molar-refractivity contribution in [3.05, 3.63) is 46.2 Å². The Morgan fingerprint density at radius 3 is 2.05 bits per heavy atom. The maximum Gasteiger partial charge on any atom is 0.0685 e. The number of nitrogens with zero attached hydrogens (tertiary/aromatic N) is 2. The Morgan fingerprint density at radius 2 is 1.57 bits per heavy atom. The average molecular weight is 305 g/mol. The van der Waals surface area contributed by atoms with Crippen LogP contribution in [0.5, 0.6) is 0 Å². The third kappa shape index (κ3) is 3.32. The lowest BCUT2D eigenvalue weighted by Crippen LogP contribution is -2.17. The number of halogens is 1. The fourth-order valence-electron chi connectivity index (χ4n) is 2.19. The van der Waals surface area contributed by atoms with E-state index in [2.05, 4.69) is 53.7 Å². The van der Waals surface area contributed by atoms with Gasteiger partial charge in [0.15, 0.2) is 0 Å². The molecular formula is C18H25ClN2. The maximum absolute atomic E-state index is 6.29. The average Bonchev–Trinajstić information content (AvgIpc) is 2.77. The Balaban J connectivity index is 2.66. The van der Waals surface area contributed by atoms with Gasteiger partial charge in [-0.2, -0.15) is 5.10 Å². The molecule has 0 saturated carbocycles. The van der Waals surface area contributed by atoms with E-state index in [-0.39, 0.29) is 10.8 Å². The lowest BCUT2D eigenvalue weighted by Gasteiger charge is -2.20. The number of hydrogen-bond donors (Lipinski definition) is 0. The zero-order valence-corrected chi connectivity index (χ0v) is 14.8. The molecule has 0 aliphatic carbocycles. The molecule has 0 amide bonds. The molecule has 1 aromatic heterocycles. The van der Waals surface area contributed by atoms with Crippen LogP contribution in [0.15, 0.2) is 24.3 Å². The minimum Gasteiger partial charge on any atom is -0.237 e. The van der Waals surface area contributed by atoms with Gasteiger partial charge in [-0.3, -0.25) is 0 Å². The van der Waals surface area contributed by atoms with Gasteiger partial charge in [0.1, 0.15) is 0 Å². The summed E-state index contributed by atoms with van der Waals surface area (Å²) < 4.78 is 2.03. The molecule has 0 aliphatic heterocycles. The molecule has 2 rings (SSSR count). The SMILES string of the molecule is Cc1ccc(-n2nc(C(C)(C)C)cc2C(C)(C)C)cc1Cl. The third-order valence-corrected chi connectivity index (χ3v) is 4.05. The first kappa shape index (κ1) is 16.1. The van der Waals surface area contributed by atoms with Crippen LogP contribution in [-0.4, -0.2) is 9.78 Å². The van der Waals surface area contributed by atoms with Gasteiger partial charge in [-0.15, -0.1) is 0 Å². The predicted molar refractivity (Wildman–Crippen MR) is 90.7 cm³/mol. The Labute approximate surface area is 133 Å². The van der Waals surface area contributed by atoms with E-state index in [1.54, 1.807) is 0 Å². The lowest BCUT2D eigenvalue weighted by molar-refractivity contribution is 0.537. The van der Waals surface area contributed by atoms with E-state index >= 15 is 0 Å². The first-order chi connectivity index (χ1) is 9.50. The van der Waals surface area contributed by atoms with Gasteiger partial charge < -0.3 is 0 Å². The van der Waals surface area contributed by atoms with Crippen LogP contribution in [-0.2, 0) is 10.8 Å². The van der Waals surface area contributed by atoms with Crippen LogP contribution in [0.2, 0.25) is 5.02 Å². The molecule has 1 aromatic carbocycles. The molecule has 0 bridgehead atoms. The summed E-state index contributed by atoms with van der Waals surface area (Å²) in [5.41, 5.74) is 4.46. The highest BCUT2D eigenvalue weighted by molar-refractivity contribution is 6.31. The van der Waals surface area contributed by atoms with Gasteiger partial charge in [0.25, 0.3) is 0 Å². The van der Waals surface area contributed by atoms with E-state index in [1.807, 2.05) is 23.7 Å². The number of benzene rings is 1. The Hall–Kier alpha value is -1.28. The van der Waals surface area contributed by atoms with Gasteiger partial charge >= 0.3 is 0 Å². The monoisotopic (exact) mass is 304 g/mol. The summed E-state index contributed by atoms with van der Waals surface area (Å²) in [4.78, 5) is 0. The highest BCUT2D eigenvalue weighted by Crippen LogP contribution is 2.31. The molecule has 0 N–H and O–H groups in total. The van der Waals surface area contributed by atoms with Gasteiger partial charge in [0.05, 0.1) is 11.4 Å². The van der Waals surface area contributed by atoms with E-state index in [1.165, 1.54) is 5.69 Å². The second-order valence-corrected chi connectivity index (χ2v) is 8.17. The molecule has 114 valence electrons. The summed E-state index contributed by atoms with van der Waals surface area (Å²) in [7, 11) is 0. The molecule has 2 aromatic rings. The van der Waals surface area contributed by atoms with Crippen LogP contribution in [0.1, 0.15) is 58.5 Å². The molecular weight excluding hydrogens is 280 g/mol. The predicted octanol–water partition coefficient (Wildman–Crippen LogP) is 5.43. The van der Waals surface area contributed by atoms with Crippen molar-refractivity contribution in [3.8, 4) is 5.69 Å². The van der Waals surface area contributed by atoms with Crippen molar-refractivity contribution in [3.63, 3.8) is 0 Å². The van der Waals surface area contributed by atoms with E-state index < -0.39 is 0 Å². The molecule has 1 heterocycles. The largest absolute Gasteiger partial charge is 0.237 e. The highest BCUT2D eigenvalue weighted by Gasteiger charge is 2.26. The Kier molecular flexibility index (Phi) is 3.96. The van der Waals surface area contributed by atoms with Gasteiger partial charge in [0, 0.05) is 21.5 Å². The van der Waals surface area contributed by atoms with Crippen molar-refractivity contribution in [1.82, 2.24) is 9.78 Å². The van der Waals surface area contributed by atoms with Crippen LogP contribution in [0.4, 0.5) is 0 Å². The first-order valence-corrected chi connectivity index (χ1v) is 7.75. The van der Waals surface area contributed by atoms with Gasteiger partial charge in [-0.25, -0.2) is 4.68 Å². The number of rotatable bonds is 1. The molecule has 2 nitrogen and oxygen atoms in total.